The number of aliphatic hydroxyl groups excluding tert-OH is 3. The molecule has 4 aliphatic heterocycles. The van der Waals surface area contributed by atoms with Crippen molar-refractivity contribution in [2.75, 3.05) is 35.5 Å². The topological polar surface area (TPSA) is 198 Å². The highest BCUT2D eigenvalue weighted by Crippen LogP contribution is 2.37. The van der Waals surface area contributed by atoms with Gasteiger partial charge in [0.15, 0.2) is 31.3 Å². The molecule has 0 aliphatic carbocycles. The molecule has 280 valence electrons. The molecule has 4 fully saturated rings. The molecule has 0 bridgehead atoms. The van der Waals surface area contributed by atoms with Crippen molar-refractivity contribution >= 4 is 5.97 Å². The lowest BCUT2D eigenvalue weighted by atomic mass is 9.96. The molecule has 4 heterocycles. The number of esters is 1. The third-order valence-electron chi connectivity index (χ3n) is 9.47. The first-order valence-electron chi connectivity index (χ1n) is 16.2. The van der Waals surface area contributed by atoms with Gasteiger partial charge in [-0.05, 0) is 27.7 Å². The largest absolute Gasteiger partial charge is 0.457 e. The Bertz CT molecular complexity index is 990. The van der Waals surface area contributed by atoms with Gasteiger partial charge in [-0.25, -0.2) is 0 Å². The van der Waals surface area contributed by atoms with Crippen LogP contribution in [-0.2, 0) is 66.4 Å². The highest BCUT2D eigenvalue weighted by Gasteiger charge is 2.55. The summed E-state index contributed by atoms with van der Waals surface area (Å²) >= 11 is 0. The molecule has 19 atom stereocenters. The van der Waals surface area contributed by atoms with E-state index in [1.165, 1.54) is 42.5 Å². The molecule has 3 N–H and O–H groups in total. The molecule has 0 spiro atoms. The molecule has 4 saturated heterocycles. The van der Waals surface area contributed by atoms with Gasteiger partial charge in [0.05, 0.1) is 30.5 Å². The van der Waals surface area contributed by atoms with Crippen molar-refractivity contribution in [2.45, 2.75) is 158 Å². The van der Waals surface area contributed by atoms with E-state index in [-0.39, 0.29) is 6.42 Å². The van der Waals surface area contributed by atoms with Gasteiger partial charge in [-0.3, -0.25) is 4.79 Å². The second-order valence-corrected chi connectivity index (χ2v) is 12.6. The zero-order valence-electron chi connectivity index (χ0n) is 29.2. The highest BCUT2D eigenvalue weighted by atomic mass is 16.8. The average molecular weight is 699 g/mol. The Morgan fingerprint density at radius 2 is 1.04 bits per heavy atom. The third kappa shape index (κ3) is 8.49. The first-order valence-corrected chi connectivity index (χ1v) is 16.2. The summed E-state index contributed by atoms with van der Waals surface area (Å²) in [6, 6.07) is 0. The van der Waals surface area contributed by atoms with Crippen LogP contribution in [0.1, 0.15) is 41.0 Å². The lowest BCUT2D eigenvalue weighted by Crippen LogP contribution is -2.67. The van der Waals surface area contributed by atoms with Gasteiger partial charge in [0.25, 0.3) is 0 Å². The molecule has 0 aromatic heterocycles. The predicted molar refractivity (Wildman–Crippen MR) is 160 cm³/mol. The SMILES string of the molecule is CO[C@@H]1[C@H](O[C@@H]2[C@@H](O)[C@H](C)O[C@@H](O[C@@H]3[C@@H](OC)[C@H](C)OC(O)[C@@H]3OC)[C@@H]2OC)O[C@@H](C)[C@@H](OC(C)=O)[C@H]1O[C@H]1C[C@H](OC)[C@@H](O)[C@H](C)O1. The molecule has 48 heavy (non-hydrogen) atoms. The van der Waals surface area contributed by atoms with Crippen molar-refractivity contribution in [3.8, 4) is 0 Å². The maximum Gasteiger partial charge on any atom is 0.303 e. The highest BCUT2D eigenvalue weighted by molar-refractivity contribution is 5.66. The average Bonchev–Trinajstić information content (AvgIpc) is 3.03. The molecule has 17 nitrogen and oxygen atoms in total. The molecule has 0 aromatic carbocycles. The van der Waals surface area contributed by atoms with E-state index in [9.17, 15) is 20.1 Å². The van der Waals surface area contributed by atoms with E-state index >= 15 is 0 Å². The number of methoxy groups -OCH3 is 5. The van der Waals surface area contributed by atoms with Crippen LogP contribution >= 0.6 is 0 Å². The van der Waals surface area contributed by atoms with Gasteiger partial charge in [-0.15, -0.1) is 0 Å². The number of ether oxygens (including phenoxy) is 13. The Hall–Kier alpha value is -1.13. The number of carbonyl (C=O) groups is 1. The van der Waals surface area contributed by atoms with Crippen molar-refractivity contribution in [1.29, 1.82) is 0 Å². The first-order chi connectivity index (χ1) is 22.8. The van der Waals surface area contributed by atoms with E-state index in [2.05, 4.69) is 0 Å². The van der Waals surface area contributed by atoms with Crippen LogP contribution in [0.15, 0.2) is 0 Å². The summed E-state index contributed by atoms with van der Waals surface area (Å²) in [7, 11) is 7.22. The zero-order chi connectivity index (χ0) is 35.4. The summed E-state index contributed by atoms with van der Waals surface area (Å²) in [5.74, 6) is -0.564. The van der Waals surface area contributed by atoms with E-state index in [0.717, 1.165) is 0 Å². The Morgan fingerprint density at radius 1 is 0.542 bits per heavy atom. The molecular weight excluding hydrogens is 644 g/mol. The van der Waals surface area contributed by atoms with Gasteiger partial charge >= 0.3 is 5.97 Å². The maximum atomic E-state index is 12.2. The third-order valence-corrected chi connectivity index (χ3v) is 9.47. The monoisotopic (exact) mass is 698 g/mol. The molecule has 1 unspecified atom stereocenters. The Balaban J connectivity index is 1.59. The Labute approximate surface area is 281 Å². The van der Waals surface area contributed by atoms with E-state index < -0.39 is 123 Å². The number of rotatable bonds is 12. The molecular formula is C31H54O17. The van der Waals surface area contributed by atoms with Crippen molar-refractivity contribution in [2.24, 2.45) is 0 Å². The summed E-state index contributed by atoms with van der Waals surface area (Å²) in [5, 5.41) is 32.4. The van der Waals surface area contributed by atoms with Crippen molar-refractivity contribution < 1.29 is 81.7 Å². The number of hydrogen-bond donors (Lipinski definition) is 3. The number of hydrogen-bond acceptors (Lipinski definition) is 17. The van der Waals surface area contributed by atoms with Crippen molar-refractivity contribution in [1.82, 2.24) is 0 Å². The minimum Gasteiger partial charge on any atom is -0.457 e. The Kier molecular flexibility index (Phi) is 14.4. The fourth-order valence-corrected chi connectivity index (χ4v) is 6.88. The van der Waals surface area contributed by atoms with Crippen molar-refractivity contribution in [3.63, 3.8) is 0 Å². The standard InChI is InChI=1S/C31H54O17/c1-12-19(33)17(36-6)11-18(41-12)46-25-22(45-16(5)32)15(4)44-31(28(25)40-10)47-23-20(34)13(2)43-30(27(23)39-9)48-24-21(37-7)14(3)42-29(35)26(24)38-8/h12-15,17-31,33-35H,11H2,1-10H3/t12-,13-,14-,15-,17-,18-,19-,20-,21-,22+,23+,24+,25+,26+,27+,28-,29?,30-,31-/m0/s1. The first kappa shape index (κ1) is 39.7. The van der Waals surface area contributed by atoms with Gasteiger partial charge in [0, 0.05) is 48.9 Å². The molecule has 17 heteroatoms. The number of carbonyl (C=O) groups excluding carboxylic acids is 1. The van der Waals surface area contributed by atoms with Gasteiger partial charge in [-0.2, -0.15) is 0 Å². The van der Waals surface area contributed by atoms with Gasteiger partial charge < -0.3 is 76.9 Å². The van der Waals surface area contributed by atoms with E-state index in [1.807, 2.05) is 0 Å². The maximum absolute atomic E-state index is 12.2. The minimum absolute atomic E-state index is 0.188. The van der Waals surface area contributed by atoms with E-state index in [1.54, 1.807) is 27.7 Å². The summed E-state index contributed by atoms with van der Waals surface area (Å²) in [6.07, 6.45) is -17.2. The van der Waals surface area contributed by atoms with Crippen LogP contribution in [0.5, 0.6) is 0 Å². The normalized spacial score (nSPS) is 48.6. The lowest BCUT2D eigenvalue weighted by molar-refractivity contribution is -0.384. The second-order valence-electron chi connectivity index (χ2n) is 12.6. The molecule has 4 aliphatic rings. The summed E-state index contributed by atoms with van der Waals surface area (Å²) in [4.78, 5) is 12.2. The van der Waals surface area contributed by atoms with Gasteiger partial charge in [0.2, 0.25) is 0 Å². The smallest absolute Gasteiger partial charge is 0.303 e. The number of aliphatic hydroxyl groups is 3. The van der Waals surface area contributed by atoms with Crippen LogP contribution < -0.4 is 0 Å². The van der Waals surface area contributed by atoms with Gasteiger partial charge in [0.1, 0.15) is 54.9 Å². The summed E-state index contributed by atoms with van der Waals surface area (Å²) in [5.41, 5.74) is 0. The summed E-state index contributed by atoms with van der Waals surface area (Å²) < 4.78 is 76.9. The lowest BCUT2D eigenvalue weighted by Gasteiger charge is -2.50. The molecule has 0 radical (unpaired) electrons. The molecule has 0 aromatic rings. The molecule has 4 rings (SSSR count). The second kappa shape index (κ2) is 17.4. The summed E-state index contributed by atoms with van der Waals surface area (Å²) in [6.45, 7) is 8.04. The van der Waals surface area contributed by atoms with Crippen LogP contribution in [-0.4, -0.2) is 174 Å². The van der Waals surface area contributed by atoms with Crippen LogP contribution in [0.4, 0.5) is 0 Å². The fraction of sp³-hybridized carbons (Fsp3) is 0.968. The molecule has 0 saturated carbocycles. The van der Waals surface area contributed by atoms with Crippen LogP contribution in [0.2, 0.25) is 0 Å². The van der Waals surface area contributed by atoms with E-state index in [4.69, 9.17) is 61.6 Å². The predicted octanol–water partition coefficient (Wildman–Crippen LogP) is -0.768. The Morgan fingerprint density at radius 3 is 1.60 bits per heavy atom. The quantitative estimate of drug-likeness (QED) is 0.215. The van der Waals surface area contributed by atoms with E-state index in [0.29, 0.717) is 0 Å². The van der Waals surface area contributed by atoms with Crippen molar-refractivity contribution in [3.05, 3.63) is 0 Å². The molecule has 0 amide bonds. The van der Waals surface area contributed by atoms with Crippen LogP contribution in [0.25, 0.3) is 0 Å². The van der Waals surface area contributed by atoms with Gasteiger partial charge in [-0.1, -0.05) is 0 Å². The van der Waals surface area contributed by atoms with Crippen LogP contribution in [0.3, 0.4) is 0 Å². The van der Waals surface area contributed by atoms with Crippen LogP contribution in [0, 0.1) is 0 Å². The zero-order valence-corrected chi connectivity index (χ0v) is 29.2. The minimum atomic E-state index is -1.30. The fourth-order valence-electron chi connectivity index (χ4n) is 6.88.